The molecule has 7 heteroatoms. The average molecular weight is 260 g/mol. The Bertz CT molecular complexity index is 516. The van der Waals surface area contributed by atoms with Gasteiger partial charge in [-0.2, -0.15) is 0 Å². The molecule has 0 saturated carbocycles. The summed E-state index contributed by atoms with van der Waals surface area (Å²) >= 11 is 0. The second-order valence-electron chi connectivity index (χ2n) is 3.85. The molecule has 6 nitrogen and oxygen atoms in total. The van der Waals surface area contributed by atoms with Gasteiger partial charge in [0.15, 0.2) is 0 Å². The second-order valence-corrected chi connectivity index (χ2v) is 6.00. The molecule has 1 heterocycles. The van der Waals surface area contributed by atoms with Crippen LogP contribution >= 0.6 is 0 Å². The Morgan fingerprint density at radius 1 is 1.47 bits per heavy atom. The molecule has 17 heavy (non-hydrogen) atoms. The Hall–Kier alpha value is -1.34. The van der Waals surface area contributed by atoms with Gasteiger partial charge in [0, 0.05) is 26.8 Å². The standard InChI is InChI=1S/C10H16N2O4S/c1-4-5-12-7-8(6-9(12)10(13)14)17(15,16)11(2)3/h6-7H,4-5H2,1-3H3,(H,13,14). The zero-order valence-corrected chi connectivity index (χ0v) is 10.9. The van der Waals surface area contributed by atoms with Crippen molar-refractivity contribution < 1.29 is 18.3 Å². The highest BCUT2D eigenvalue weighted by molar-refractivity contribution is 7.89. The minimum Gasteiger partial charge on any atom is -0.477 e. The lowest BCUT2D eigenvalue weighted by Crippen LogP contribution is -2.21. The first kappa shape index (κ1) is 13.7. The lowest BCUT2D eigenvalue weighted by molar-refractivity contribution is 0.0685. The van der Waals surface area contributed by atoms with Crippen LogP contribution in [-0.4, -0.2) is 42.5 Å². The number of aromatic nitrogens is 1. The van der Waals surface area contributed by atoms with Crippen LogP contribution in [0.3, 0.4) is 0 Å². The van der Waals surface area contributed by atoms with E-state index in [4.69, 9.17) is 5.11 Å². The topological polar surface area (TPSA) is 79.6 Å². The van der Waals surface area contributed by atoms with Gasteiger partial charge >= 0.3 is 5.97 Å². The maximum atomic E-state index is 11.8. The van der Waals surface area contributed by atoms with Crippen LogP contribution in [0.2, 0.25) is 0 Å². The van der Waals surface area contributed by atoms with Crippen LogP contribution in [0.4, 0.5) is 0 Å². The number of hydrogen-bond acceptors (Lipinski definition) is 3. The number of carbonyl (C=O) groups is 1. The molecule has 96 valence electrons. The summed E-state index contributed by atoms with van der Waals surface area (Å²) < 4.78 is 26.2. The van der Waals surface area contributed by atoms with E-state index in [1.54, 1.807) is 0 Å². The van der Waals surface area contributed by atoms with E-state index in [-0.39, 0.29) is 10.6 Å². The van der Waals surface area contributed by atoms with Crippen molar-refractivity contribution in [1.29, 1.82) is 0 Å². The molecule has 0 bridgehead atoms. The van der Waals surface area contributed by atoms with E-state index < -0.39 is 16.0 Å². The van der Waals surface area contributed by atoms with Crippen LogP contribution in [0, 0.1) is 0 Å². The summed E-state index contributed by atoms with van der Waals surface area (Å²) in [6.07, 6.45) is 2.10. The maximum absolute atomic E-state index is 11.8. The molecule has 1 rings (SSSR count). The van der Waals surface area contributed by atoms with Gasteiger partial charge in [0.1, 0.15) is 10.6 Å². The van der Waals surface area contributed by atoms with E-state index >= 15 is 0 Å². The number of aryl methyl sites for hydroxylation is 1. The van der Waals surface area contributed by atoms with Gasteiger partial charge in [-0.15, -0.1) is 0 Å². The third-order valence-corrected chi connectivity index (χ3v) is 4.11. The minimum atomic E-state index is -3.58. The Morgan fingerprint density at radius 2 is 2.06 bits per heavy atom. The molecule has 1 aromatic heterocycles. The first-order chi connectivity index (χ1) is 7.80. The van der Waals surface area contributed by atoms with Gasteiger partial charge in [-0.05, 0) is 12.5 Å². The molecule has 0 atom stereocenters. The highest BCUT2D eigenvalue weighted by atomic mass is 32.2. The van der Waals surface area contributed by atoms with Gasteiger partial charge in [0.05, 0.1) is 0 Å². The van der Waals surface area contributed by atoms with Crippen molar-refractivity contribution in [1.82, 2.24) is 8.87 Å². The number of hydrogen-bond donors (Lipinski definition) is 1. The Kier molecular flexibility index (Phi) is 3.94. The second kappa shape index (κ2) is 4.89. The summed E-state index contributed by atoms with van der Waals surface area (Å²) in [6.45, 7) is 2.37. The largest absolute Gasteiger partial charge is 0.477 e. The molecule has 1 aromatic rings. The van der Waals surface area contributed by atoms with E-state index in [0.717, 1.165) is 10.7 Å². The Labute approximate surface area is 101 Å². The maximum Gasteiger partial charge on any atom is 0.352 e. The number of aromatic carboxylic acids is 1. The van der Waals surface area contributed by atoms with Crippen molar-refractivity contribution >= 4 is 16.0 Å². The van der Waals surface area contributed by atoms with Crippen LogP contribution in [0.15, 0.2) is 17.2 Å². The van der Waals surface area contributed by atoms with E-state index in [9.17, 15) is 13.2 Å². The molecule has 0 fully saturated rings. The van der Waals surface area contributed by atoms with Gasteiger partial charge in [-0.3, -0.25) is 0 Å². The smallest absolute Gasteiger partial charge is 0.352 e. The lowest BCUT2D eigenvalue weighted by atomic mass is 10.4. The van der Waals surface area contributed by atoms with Crippen LogP contribution in [0.25, 0.3) is 0 Å². The Morgan fingerprint density at radius 3 is 2.47 bits per heavy atom. The molecule has 0 unspecified atom stereocenters. The van der Waals surface area contributed by atoms with Gasteiger partial charge < -0.3 is 9.67 Å². The molecule has 0 aromatic carbocycles. The fraction of sp³-hybridized carbons (Fsp3) is 0.500. The third-order valence-electron chi connectivity index (χ3n) is 2.33. The van der Waals surface area contributed by atoms with E-state index in [2.05, 4.69) is 0 Å². The van der Waals surface area contributed by atoms with Crippen molar-refractivity contribution in [3.63, 3.8) is 0 Å². The Balaban J connectivity index is 3.30. The van der Waals surface area contributed by atoms with Crippen LogP contribution < -0.4 is 0 Å². The first-order valence-corrected chi connectivity index (χ1v) is 6.60. The van der Waals surface area contributed by atoms with Crippen molar-refractivity contribution in [2.75, 3.05) is 14.1 Å². The fourth-order valence-corrected chi connectivity index (χ4v) is 2.38. The SMILES string of the molecule is CCCn1cc(S(=O)(=O)N(C)C)cc1C(=O)O. The van der Waals surface area contributed by atoms with E-state index in [1.165, 1.54) is 30.9 Å². The molecule has 0 saturated heterocycles. The summed E-state index contributed by atoms with van der Waals surface area (Å²) in [4.78, 5) is 11.0. The van der Waals surface area contributed by atoms with E-state index in [1.807, 2.05) is 6.92 Å². The fourth-order valence-electron chi connectivity index (χ4n) is 1.44. The quantitative estimate of drug-likeness (QED) is 0.851. The summed E-state index contributed by atoms with van der Waals surface area (Å²) in [7, 11) is -0.762. The van der Waals surface area contributed by atoms with Crippen molar-refractivity contribution in [3.05, 3.63) is 18.0 Å². The van der Waals surface area contributed by atoms with Gasteiger partial charge in [0.2, 0.25) is 10.0 Å². The number of carboxylic acid groups (broad SMARTS) is 1. The van der Waals surface area contributed by atoms with E-state index in [0.29, 0.717) is 6.54 Å². The number of carboxylic acids is 1. The lowest BCUT2D eigenvalue weighted by Gasteiger charge is -2.08. The average Bonchev–Trinajstić information content (AvgIpc) is 2.62. The monoisotopic (exact) mass is 260 g/mol. The molecule has 0 spiro atoms. The van der Waals surface area contributed by atoms with Crippen LogP contribution in [0.1, 0.15) is 23.8 Å². The van der Waals surface area contributed by atoms with Crippen LogP contribution in [0.5, 0.6) is 0 Å². The predicted molar refractivity (Wildman–Crippen MR) is 62.6 cm³/mol. The zero-order valence-electron chi connectivity index (χ0n) is 10.0. The molecule has 0 amide bonds. The summed E-state index contributed by atoms with van der Waals surface area (Å²) in [6, 6.07) is 1.19. The molecule has 1 N–H and O–H groups in total. The van der Waals surface area contributed by atoms with Gasteiger partial charge in [0.25, 0.3) is 0 Å². The number of rotatable bonds is 5. The first-order valence-electron chi connectivity index (χ1n) is 5.16. The molecular formula is C10H16N2O4S. The predicted octanol–water partition coefficient (Wildman–Crippen LogP) is 0.847. The normalized spacial score (nSPS) is 12.0. The zero-order chi connectivity index (χ0) is 13.2. The molecule has 0 radical (unpaired) electrons. The third kappa shape index (κ3) is 2.67. The van der Waals surface area contributed by atoms with Gasteiger partial charge in [-0.25, -0.2) is 17.5 Å². The highest BCUT2D eigenvalue weighted by Crippen LogP contribution is 2.17. The van der Waals surface area contributed by atoms with Crippen molar-refractivity contribution in [2.45, 2.75) is 24.8 Å². The summed E-state index contributed by atoms with van der Waals surface area (Å²) in [5, 5.41) is 8.98. The molecular weight excluding hydrogens is 244 g/mol. The molecule has 0 aliphatic rings. The minimum absolute atomic E-state index is 0.00715. The van der Waals surface area contributed by atoms with Crippen molar-refractivity contribution in [3.8, 4) is 0 Å². The van der Waals surface area contributed by atoms with Crippen LogP contribution in [-0.2, 0) is 16.6 Å². The number of sulfonamides is 1. The van der Waals surface area contributed by atoms with Gasteiger partial charge in [-0.1, -0.05) is 6.92 Å². The molecule has 0 aliphatic carbocycles. The number of nitrogens with zero attached hydrogens (tertiary/aromatic N) is 2. The summed E-state index contributed by atoms with van der Waals surface area (Å²) in [5.74, 6) is -1.13. The highest BCUT2D eigenvalue weighted by Gasteiger charge is 2.22. The molecule has 0 aliphatic heterocycles. The van der Waals surface area contributed by atoms with Crippen molar-refractivity contribution in [2.24, 2.45) is 0 Å². The summed E-state index contributed by atoms with van der Waals surface area (Å²) in [5.41, 5.74) is -0.00715.